The Bertz CT molecular complexity index is 1350. The molecule has 0 aliphatic rings. The lowest BCUT2D eigenvalue weighted by Crippen LogP contribution is -2.21. The molecule has 1 aromatic heterocycles. The molecule has 0 radical (unpaired) electrons. The van der Waals surface area contributed by atoms with E-state index < -0.39 is 18.5 Å². The molecule has 4 aromatic rings. The first-order chi connectivity index (χ1) is 17.5. The molecule has 1 heterocycles. The number of aromatic nitrogens is 3. The van der Waals surface area contributed by atoms with Crippen LogP contribution in [0, 0.1) is 0 Å². The number of carbonyl (C=O) groups excluding carboxylic acids is 3. The van der Waals surface area contributed by atoms with E-state index in [-0.39, 0.29) is 11.6 Å². The second kappa shape index (κ2) is 11.4. The summed E-state index contributed by atoms with van der Waals surface area (Å²) < 4.78 is 11.8. The van der Waals surface area contributed by atoms with Crippen LogP contribution < -0.4 is 15.4 Å². The van der Waals surface area contributed by atoms with Gasteiger partial charge >= 0.3 is 5.97 Å². The average Bonchev–Trinajstić information content (AvgIpc) is 3.37. The van der Waals surface area contributed by atoms with Gasteiger partial charge in [-0.15, -0.1) is 5.10 Å². The highest BCUT2D eigenvalue weighted by Crippen LogP contribution is 2.23. The van der Waals surface area contributed by atoms with E-state index in [9.17, 15) is 14.4 Å². The monoisotopic (exact) mass is 485 g/mol. The van der Waals surface area contributed by atoms with Gasteiger partial charge in [-0.3, -0.25) is 9.59 Å². The number of ether oxygens (including phenoxy) is 2. The predicted molar refractivity (Wildman–Crippen MR) is 132 cm³/mol. The molecule has 0 atom stereocenters. The molecular weight excluding hydrogens is 462 g/mol. The van der Waals surface area contributed by atoms with E-state index >= 15 is 0 Å². The van der Waals surface area contributed by atoms with Gasteiger partial charge in [0.05, 0.1) is 25.5 Å². The molecule has 2 N–H and O–H groups in total. The molecule has 10 nitrogen and oxygen atoms in total. The lowest BCUT2D eigenvalue weighted by Gasteiger charge is -2.10. The fraction of sp³-hybridized carbons (Fsp3) is 0.115. The van der Waals surface area contributed by atoms with Crippen LogP contribution in [0.4, 0.5) is 11.4 Å². The number of anilines is 2. The zero-order chi connectivity index (χ0) is 25.3. The van der Waals surface area contributed by atoms with Crippen molar-refractivity contribution in [3.05, 3.63) is 102 Å². The van der Waals surface area contributed by atoms with Crippen molar-refractivity contribution in [1.29, 1.82) is 0 Å². The molecule has 2 amide bonds. The standard InChI is InChI=1S/C26H23N5O5/c1-35-23-10-6-5-9-21(23)28-25(33)19-11-13-20(14-12-19)27-24(32)17-36-26(34)22-16-31(30-29-22)15-18-7-3-2-4-8-18/h2-14,16H,15,17H2,1H3,(H,27,32)(H,28,33). The maximum atomic E-state index is 12.5. The van der Waals surface area contributed by atoms with E-state index in [0.717, 1.165) is 5.56 Å². The second-order valence-electron chi connectivity index (χ2n) is 7.64. The van der Waals surface area contributed by atoms with Gasteiger partial charge in [-0.2, -0.15) is 0 Å². The van der Waals surface area contributed by atoms with Crippen LogP contribution in [-0.4, -0.2) is 46.5 Å². The Kier molecular flexibility index (Phi) is 7.66. The number of nitrogens with zero attached hydrogens (tertiary/aromatic N) is 3. The molecule has 0 aliphatic carbocycles. The summed E-state index contributed by atoms with van der Waals surface area (Å²) in [5.74, 6) is -1.08. The molecule has 0 fully saturated rings. The Morgan fingerprint density at radius 1 is 0.889 bits per heavy atom. The van der Waals surface area contributed by atoms with Crippen molar-refractivity contribution in [3.63, 3.8) is 0 Å². The topological polar surface area (TPSA) is 124 Å². The number of benzene rings is 3. The Hall–Kier alpha value is -4.99. The molecule has 182 valence electrons. The second-order valence-corrected chi connectivity index (χ2v) is 7.64. The lowest BCUT2D eigenvalue weighted by atomic mass is 10.2. The molecule has 36 heavy (non-hydrogen) atoms. The summed E-state index contributed by atoms with van der Waals surface area (Å²) in [6, 6.07) is 22.9. The van der Waals surface area contributed by atoms with Crippen LogP contribution in [-0.2, 0) is 16.1 Å². The molecule has 0 bridgehead atoms. The molecule has 0 saturated carbocycles. The van der Waals surface area contributed by atoms with Gasteiger partial charge < -0.3 is 20.1 Å². The minimum atomic E-state index is -0.757. The molecule has 0 aliphatic heterocycles. The van der Waals surface area contributed by atoms with Crippen LogP contribution in [0.25, 0.3) is 0 Å². The van der Waals surface area contributed by atoms with Crippen molar-refractivity contribution in [2.75, 3.05) is 24.4 Å². The van der Waals surface area contributed by atoms with Crippen molar-refractivity contribution >= 4 is 29.2 Å². The minimum Gasteiger partial charge on any atom is -0.495 e. The minimum absolute atomic E-state index is 0.00384. The number of carbonyl (C=O) groups is 3. The third kappa shape index (κ3) is 6.32. The lowest BCUT2D eigenvalue weighted by molar-refractivity contribution is -0.119. The number of esters is 1. The summed E-state index contributed by atoms with van der Waals surface area (Å²) in [7, 11) is 1.52. The van der Waals surface area contributed by atoms with Crippen molar-refractivity contribution in [1.82, 2.24) is 15.0 Å². The zero-order valence-corrected chi connectivity index (χ0v) is 19.4. The van der Waals surface area contributed by atoms with Gasteiger partial charge in [-0.05, 0) is 42.0 Å². The molecule has 3 aromatic carbocycles. The van der Waals surface area contributed by atoms with Crippen LogP contribution in [0.3, 0.4) is 0 Å². The van der Waals surface area contributed by atoms with E-state index in [1.807, 2.05) is 30.3 Å². The van der Waals surface area contributed by atoms with E-state index in [1.165, 1.54) is 18.0 Å². The average molecular weight is 486 g/mol. The Morgan fingerprint density at radius 2 is 1.61 bits per heavy atom. The number of amides is 2. The van der Waals surface area contributed by atoms with E-state index in [2.05, 4.69) is 20.9 Å². The Labute approximate surface area is 206 Å². The van der Waals surface area contributed by atoms with Crippen molar-refractivity contribution < 1.29 is 23.9 Å². The van der Waals surface area contributed by atoms with Crippen LogP contribution in [0.5, 0.6) is 5.75 Å². The molecule has 0 unspecified atom stereocenters. The van der Waals surface area contributed by atoms with Crippen LogP contribution in [0.1, 0.15) is 26.4 Å². The third-order valence-electron chi connectivity index (χ3n) is 5.06. The molecule has 4 rings (SSSR count). The van der Waals surface area contributed by atoms with Crippen LogP contribution >= 0.6 is 0 Å². The summed E-state index contributed by atoms with van der Waals surface area (Å²) in [6.45, 7) is -0.0467. The van der Waals surface area contributed by atoms with Crippen molar-refractivity contribution in [3.8, 4) is 5.75 Å². The largest absolute Gasteiger partial charge is 0.495 e. The van der Waals surface area contributed by atoms with Gasteiger partial charge in [-0.25, -0.2) is 9.48 Å². The van der Waals surface area contributed by atoms with E-state index in [1.54, 1.807) is 48.5 Å². The quantitative estimate of drug-likeness (QED) is 0.348. The fourth-order valence-electron chi connectivity index (χ4n) is 3.29. The van der Waals surface area contributed by atoms with Gasteiger partial charge in [0.2, 0.25) is 0 Å². The molecule has 0 saturated heterocycles. The SMILES string of the molecule is COc1ccccc1NC(=O)c1ccc(NC(=O)COC(=O)c2cn(Cc3ccccc3)nn2)cc1. The van der Waals surface area contributed by atoms with Crippen molar-refractivity contribution in [2.45, 2.75) is 6.54 Å². The Balaban J connectivity index is 1.26. The molecule has 0 spiro atoms. The smallest absolute Gasteiger partial charge is 0.361 e. The van der Waals surface area contributed by atoms with E-state index in [0.29, 0.717) is 29.2 Å². The summed E-state index contributed by atoms with van der Waals surface area (Å²) in [5, 5.41) is 13.1. The maximum absolute atomic E-state index is 12.5. The van der Waals surface area contributed by atoms with E-state index in [4.69, 9.17) is 9.47 Å². The number of rotatable bonds is 9. The highest BCUT2D eigenvalue weighted by molar-refractivity contribution is 6.05. The summed E-state index contributed by atoms with van der Waals surface area (Å²) in [5.41, 5.74) is 2.39. The normalized spacial score (nSPS) is 10.4. The predicted octanol–water partition coefficient (Wildman–Crippen LogP) is 3.38. The van der Waals surface area contributed by atoms with Gasteiger partial charge in [0, 0.05) is 11.3 Å². The third-order valence-corrected chi connectivity index (χ3v) is 5.06. The zero-order valence-electron chi connectivity index (χ0n) is 19.4. The van der Waals surface area contributed by atoms with Crippen LogP contribution in [0.15, 0.2) is 85.1 Å². The highest BCUT2D eigenvalue weighted by Gasteiger charge is 2.15. The summed E-state index contributed by atoms with van der Waals surface area (Å²) in [4.78, 5) is 36.9. The maximum Gasteiger partial charge on any atom is 0.361 e. The first kappa shape index (κ1) is 24.1. The first-order valence-electron chi connectivity index (χ1n) is 11.0. The molecular formula is C26H23N5O5. The number of para-hydroxylation sites is 2. The highest BCUT2D eigenvalue weighted by atomic mass is 16.5. The van der Waals surface area contributed by atoms with Crippen LogP contribution in [0.2, 0.25) is 0 Å². The fourth-order valence-corrected chi connectivity index (χ4v) is 3.29. The van der Waals surface area contributed by atoms with Gasteiger partial charge in [0.25, 0.3) is 11.8 Å². The number of methoxy groups -OCH3 is 1. The molecule has 10 heteroatoms. The van der Waals surface area contributed by atoms with Crippen molar-refractivity contribution in [2.24, 2.45) is 0 Å². The summed E-state index contributed by atoms with van der Waals surface area (Å²) in [6.07, 6.45) is 1.46. The summed E-state index contributed by atoms with van der Waals surface area (Å²) >= 11 is 0. The Morgan fingerprint density at radius 3 is 2.36 bits per heavy atom. The first-order valence-corrected chi connectivity index (χ1v) is 11.0. The van der Waals surface area contributed by atoms with Gasteiger partial charge in [-0.1, -0.05) is 47.7 Å². The van der Waals surface area contributed by atoms with Gasteiger partial charge in [0.15, 0.2) is 12.3 Å². The number of nitrogens with one attached hydrogen (secondary N) is 2. The number of hydrogen-bond donors (Lipinski definition) is 2. The van der Waals surface area contributed by atoms with Gasteiger partial charge in [0.1, 0.15) is 5.75 Å². The number of hydrogen-bond acceptors (Lipinski definition) is 7.